The third-order valence-corrected chi connectivity index (χ3v) is 3.50. The van der Waals surface area contributed by atoms with Gasteiger partial charge in [-0.25, -0.2) is 0 Å². The highest BCUT2D eigenvalue weighted by Gasteiger charge is 2.45. The smallest absolute Gasteiger partial charge is 0.321 e. The third-order valence-electron chi connectivity index (χ3n) is 3.50. The van der Waals surface area contributed by atoms with E-state index in [0.717, 1.165) is 0 Å². The molecular formula is C14H12O3. The van der Waals surface area contributed by atoms with Gasteiger partial charge in [-0.3, -0.25) is 9.59 Å². The van der Waals surface area contributed by atoms with Crippen molar-refractivity contribution in [3.8, 4) is 0 Å². The van der Waals surface area contributed by atoms with Gasteiger partial charge < -0.3 is 4.74 Å². The van der Waals surface area contributed by atoms with Crippen molar-refractivity contribution in [3.05, 3.63) is 48.0 Å². The molecule has 86 valence electrons. The predicted octanol–water partition coefficient (Wildman–Crippen LogP) is 2.05. The van der Waals surface area contributed by atoms with E-state index in [-0.39, 0.29) is 23.7 Å². The van der Waals surface area contributed by atoms with Gasteiger partial charge in [0.25, 0.3) is 0 Å². The summed E-state index contributed by atoms with van der Waals surface area (Å²) in [7, 11) is 0. The Labute approximate surface area is 99.1 Å². The number of benzene rings is 1. The van der Waals surface area contributed by atoms with Crippen molar-refractivity contribution in [2.75, 3.05) is 0 Å². The molecule has 1 saturated heterocycles. The zero-order valence-electron chi connectivity index (χ0n) is 9.21. The fraction of sp³-hybridized carbons (Fsp3) is 0.286. The van der Waals surface area contributed by atoms with Gasteiger partial charge in [0.1, 0.15) is 0 Å². The van der Waals surface area contributed by atoms with Gasteiger partial charge >= 0.3 is 11.9 Å². The lowest BCUT2D eigenvalue weighted by atomic mass is 9.78. The van der Waals surface area contributed by atoms with Gasteiger partial charge in [-0.2, -0.15) is 0 Å². The van der Waals surface area contributed by atoms with Crippen LogP contribution in [0, 0.1) is 11.8 Å². The zero-order valence-corrected chi connectivity index (χ0v) is 9.21. The Bertz CT molecular complexity index is 489. The highest BCUT2D eigenvalue weighted by molar-refractivity contribution is 5.97. The molecule has 0 bridgehead atoms. The van der Waals surface area contributed by atoms with Crippen LogP contribution in [0.25, 0.3) is 0 Å². The number of carbonyl (C=O) groups excluding carboxylic acids is 2. The Kier molecular flexibility index (Phi) is 2.32. The second kappa shape index (κ2) is 3.84. The monoisotopic (exact) mass is 228 g/mol. The molecular weight excluding hydrogens is 216 g/mol. The first-order chi connectivity index (χ1) is 8.25. The summed E-state index contributed by atoms with van der Waals surface area (Å²) in [4.78, 5) is 22.9. The lowest BCUT2D eigenvalue weighted by Crippen LogP contribution is -2.22. The van der Waals surface area contributed by atoms with Crippen LogP contribution in [-0.4, -0.2) is 11.9 Å². The molecule has 0 N–H and O–H groups in total. The molecule has 0 spiro atoms. The zero-order chi connectivity index (χ0) is 11.8. The van der Waals surface area contributed by atoms with Crippen molar-refractivity contribution < 1.29 is 14.3 Å². The summed E-state index contributed by atoms with van der Waals surface area (Å²) in [6.07, 6.45) is 4.49. The molecule has 3 heteroatoms. The number of hydrogen-bond donors (Lipinski definition) is 0. The molecule has 1 aromatic carbocycles. The summed E-state index contributed by atoms with van der Waals surface area (Å²) in [5.74, 6) is -1.22. The predicted molar refractivity (Wildman–Crippen MR) is 61.0 cm³/mol. The molecule has 2 aliphatic rings. The van der Waals surface area contributed by atoms with Crippen molar-refractivity contribution in [1.82, 2.24) is 0 Å². The van der Waals surface area contributed by atoms with Crippen LogP contribution in [0.4, 0.5) is 0 Å². The minimum absolute atomic E-state index is 0.205. The van der Waals surface area contributed by atoms with Gasteiger partial charge in [0, 0.05) is 5.92 Å². The number of carbonyl (C=O) groups is 2. The minimum atomic E-state index is -0.400. The van der Waals surface area contributed by atoms with Gasteiger partial charge in [-0.05, 0) is 12.0 Å². The molecule has 1 aliphatic carbocycles. The fourth-order valence-electron chi connectivity index (χ4n) is 2.56. The van der Waals surface area contributed by atoms with E-state index in [1.54, 1.807) is 0 Å². The van der Waals surface area contributed by atoms with Crippen molar-refractivity contribution >= 4 is 11.9 Å². The molecule has 0 radical (unpaired) electrons. The summed E-state index contributed by atoms with van der Waals surface area (Å²) in [6.45, 7) is 0. The summed E-state index contributed by atoms with van der Waals surface area (Å²) in [5.41, 5.74) is 1.18. The normalized spacial score (nSPS) is 31.2. The SMILES string of the molecule is O=C1OC(=O)C2CC(c3ccccc3)C=CC12. The first-order valence-electron chi connectivity index (χ1n) is 5.74. The van der Waals surface area contributed by atoms with E-state index >= 15 is 0 Å². The number of allylic oxidation sites excluding steroid dienone is 1. The molecule has 1 fully saturated rings. The molecule has 17 heavy (non-hydrogen) atoms. The number of hydrogen-bond acceptors (Lipinski definition) is 3. The first-order valence-corrected chi connectivity index (χ1v) is 5.74. The average molecular weight is 228 g/mol. The first kappa shape index (κ1) is 10.3. The minimum Gasteiger partial charge on any atom is -0.392 e. The average Bonchev–Trinajstić information content (AvgIpc) is 2.66. The maximum atomic E-state index is 11.5. The quantitative estimate of drug-likeness (QED) is 0.419. The maximum Gasteiger partial charge on any atom is 0.321 e. The lowest BCUT2D eigenvalue weighted by molar-refractivity contribution is -0.153. The van der Waals surface area contributed by atoms with Gasteiger partial charge in [-0.15, -0.1) is 0 Å². The van der Waals surface area contributed by atoms with E-state index in [1.165, 1.54) is 5.56 Å². The Hall–Kier alpha value is -1.90. The molecule has 0 amide bonds. The largest absolute Gasteiger partial charge is 0.392 e. The van der Waals surface area contributed by atoms with E-state index in [2.05, 4.69) is 4.74 Å². The molecule has 1 aliphatic heterocycles. The van der Waals surface area contributed by atoms with Crippen LogP contribution >= 0.6 is 0 Å². The Morgan fingerprint density at radius 1 is 1.00 bits per heavy atom. The molecule has 1 heterocycles. The summed E-state index contributed by atoms with van der Waals surface area (Å²) in [5, 5.41) is 0. The van der Waals surface area contributed by atoms with Gasteiger partial charge in [0.15, 0.2) is 0 Å². The van der Waals surface area contributed by atoms with Gasteiger partial charge in [-0.1, -0.05) is 42.5 Å². The van der Waals surface area contributed by atoms with Crippen LogP contribution < -0.4 is 0 Å². The molecule has 0 saturated carbocycles. The van der Waals surface area contributed by atoms with E-state index in [9.17, 15) is 9.59 Å². The Balaban J connectivity index is 1.89. The van der Waals surface area contributed by atoms with Gasteiger partial charge in [0.05, 0.1) is 11.8 Å². The maximum absolute atomic E-state index is 11.5. The molecule has 3 rings (SSSR count). The molecule has 3 nitrogen and oxygen atoms in total. The standard InChI is InChI=1S/C14H12O3/c15-13-11-7-6-10(8-12(11)14(16)17-13)9-4-2-1-3-5-9/h1-7,10-12H,8H2. The topological polar surface area (TPSA) is 43.4 Å². The lowest BCUT2D eigenvalue weighted by Gasteiger charge is -2.22. The highest BCUT2D eigenvalue weighted by Crippen LogP contribution is 2.39. The van der Waals surface area contributed by atoms with Crippen LogP contribution in [0.1, 0.15) is 17.9 Å². The summed E-state index contributed by atoms with van der Waals surface area (Å²) in [6, 6.07) is 10.0. The Morgan fingerprint density at radius 3 is 2.53 bits per heavy atom. The van der Waals surface area contributed by atoms with E-state index < -0.39 is 5.97 Å². The number of fused-ring (bicyclic) bond motifs is 1. The molecule has 1 aromatic rings. The van der Waals surface area contributed by atoms with Crippen LogP contribution in [0.15, 0.2) is 42.5 Å². The van der Waals surface area contributed by atoms with Crippen molar-refractivity contribution in [2.45, 2.75) is 12.3 Å². The van der Waals surface area contributed by atoms with Crippen LogP contribution in [-0.2, 0) is 14.3 Å². The second-order valence-electron chi connectivity index (χ2n) is 4.51. The molecule has 3 atom stereocenters. The van der Waals surface area contributed by atoms with E-state index in [0.29, 0.717) is 6.42 Å². The van der Waals surface area contributed by atoms with Crippen molar-refractivity contribution in [3.63, 3.8) is 0 Å². The van der Waals surface area contributed by atoms with E-state index in [4.69, 9.17) is 0 Å². The van der Waals surface area contributed by atoms with Crippen LogP contribution in [0.5, 0.6) is 0 Å². The molecule has 3 unspecified atom stereocenters. The van der Waals surface area contributed by atoms with Gasteiger partial charge in [0.2, 0.25) is 0 Å². The van der Waals surface area contributed by atoms with Crippen LogP contribution in [0.2, 0.25) is 0 Å². The summed E-state index contributed by atoms with van der Waals surface area (Å²) >= 11 is 0. The third kappa shape index (κ3) is 1.68. The van der Waals surface area contributed by atoms with Crippen molar-refractivity contribution in [1.29, 1.82) is 0 Å². The number of rotatable bonds is 1. The fourth-order valence-corrected chi connectivity index (χ4v) is 2.56. The molecule has 0 aromatic heterocycles. The number of cyclic esters (lactones) is 2. The van der Waals surface area contributed by atoms with Crippen molar-refractivity contribution in [2.24, 2.45) is 11.8 Å². The Morgan fingerprint density at radius 2 is 1.76 bits per heavy atom. The summed E-state index contributed by atoms with van der Waals surface area (Å²) < 4.78 is 4.66. The second-order valence-corrected chi connectivity index (χ2v) is 4.51. The van der Waals surface area contributed by atoms with Crippen LogP contribution in [0.3, 0.4) is 0 Å². The number of ether oxygens (including phenoxy) is 1. The van der Waals surface area contributed by atoms with E-state index in [1.807, 2.05) is 42.5 Å². The number of esters is 2. The highest BCUT2D eigenvalue weighted by atomic mass is 16.6.